The van der Waals surface area contributed by atoms with Gasteiger partial charge in [0, 0.05) is 39.3 Å². The van der Waals surface area contributed by atoms with E-state index in [2.05, 4.69) is 20.3 Å². The van der Waals surface area contributed by atoms with Crippen molar-refractivity contribution in [3.63, 3.8) is 0 Å². The van der Waals surface area contributed by atoms with E-state index in [9.17, 15) is 14.0 Å². The summed E-state index contributed by atoms with van der Waals surface area (Å²) in [5, 5.41) is 3.24. The van der Waals surface area contributed by atoms with E-state index in [4.69, 9.17) is 11.6 Å². The van der Waals surface area contributed by atoms with Crippen LogP contribution in [-0.4, -0.2) is 62.7 Å². The Bertz CT molecular complexity index is 1130. The zero-order valence-electron chi connectivity index (χ0n) is 18.0. The first-order chi connectivity index (χ1) is 15.2. The van der Waals surface area contributed by atoms with Crippen LogP contribution in [0.3, 0.4) is 0 Å². The van der Waals surface area contributed by atoms with Gasteiger partial charge in [-0.15, -0.1) is 0 Å². The molecule has 0 saturated carbocycles. The average Bonchev–Trinajstić information content (AvgIpc) is 3.41. The number of carbonyl (C=O) groups is 2. The fourth-order valence-corrected chi connectivity index (χ4v) is 3.97. The molecule has 1 saturated heterocycles. The van der Waals surface area contributed by atoms with Crippen molar-refractivity contribution in [1.29, 1.82) is 0 Å². The Kier molecular flexibility index (Phi) is 6.01. The Morgan fingerprint density at radius 1 is 1.38 bits per heavy atom. The number of H-pyrrole nitrogens is 1. The van der Waals surface area contributed by atoms with Gasteiger partial charge in [0.1, 0.15) is 17.5 Å². The standard InChI is InChI=1S/C22H24ClFN6O2/c1-12(21-27-18-8-16(23)17(24)9-19(18)28-21)26-20-5-4-14(10-25-20)22(32)30-7-6-15(11-30)29(3)13(2)31/h4-5,8-10,12,15H,6-7,11H2,1-3H3,(H,25,26)(H,27,28)/t12-,15-/m0/s1. The molecule has 10 heteroatoms. The van der Waals surface area contributed by atoms with Crippen molar-refractivity contribution in [3.8, 4) is 0 Å². The summed E-state index contributed by atoms with van der Waals surface area (Å²) in [6.45, 7) is 4.55. The zero-order valence-corrected chi connectivity index (χ0v) is 18.8. The number of aromatic nitrogens is 3. The maximum absolute atomic E-state index is 13.7. The first kappa shape index (κ1) is 22.0. The third-order valence-corrected chi connectivity index (χ3v) is 6.11. The topological polar surface area (TPSA) is 94.2 Å². The lowest BCUT2D eigenvalue weighted by Gasteiger charge is -2.23. The molecule has 32 heavy (non-hydrogen) atoms. The van der Waals surface area contributed by atoms with E-state index < -0.39 is 5.82 Å². The van der Waals surface area contributed by atoms with Gasteiger partial charge in [-0.3, -0.25) is 9.59 Å². The lowest BCUT2D eigenvalue weighted by atomic mass is 10.2. The number of carbonyl (C=O) groups excluding carboxylic acids is 2. The number of hydrogen-bond donors (Lipinski definition) is 2. The molecule has 3 heterocycles. The van der Waals surface area contributed by atoms with E-state index in [1.54, 1.807) is 29.0 Å². The molecule has 2 atom stereocenters. The Hall–Kier alpha value is -3.20. The van der Waals surface area contributed by atoms with Gasteiger partial charge in [-0.1, -0.05) is 11.6 Å². The number of likely N-dealkylation sites (N-methyl/N-ethyl adjacent to an activating group) is 1. The summed E-state index contributed by atoms with van der Waals surface area (Å²) < 4.78 is 13.7. The molecule has 0 bridgehead atoms. The number of aromatic amines is 1. The molecule has 8 nitrogen and oxygen atoms in total. The number of rotatable bonds is 5. The number of hydrogen-bond acceptors (Lipinski definition) is 5. The highest BCUT2D eigenvalue weighted by atomic mass is 35.5. The van der Waals surface area contributed by atoms with Crippen LogP contribution in [0.25, 0.3) is 11.0 Å². The quantitative estimate of drug-likeness (QED) is 0.609. The number of halogens is 2. The van der Waals surface area contributed by atoms with Crippen LogP contribution in [0.5, 0.6) is 0 Å². The van der Waals surface area contributed by atoms with Crippen LogP contribution in [0.2, 0.25) is 5.02 Å². The van der Waals surface area contributed by atoms with E-state index in [1.165, 1.54) is 25.3 Å². The van der Waals surface area contributed by atoms with Crippen LogP contribution in [0, 0.1) is 5.82 Å². The largest absolute Gasteiger partial charge is 0.360 e. The van der Waals surface area contributed by atoms with E-state index in [0.29, 0.717) is 41.3 Å². The van der Waals surface area contributed by atoms with Gasteiger partial charge >= 0.3 is 0 Å². The smallest absolute Gasteiger partial charge is 0.255 e. The normalized spacial score (nSPS) is 16.9. The van der Waals surface area contributed by atoms with Crippen molar-refractivity contribution >= 4 is 40.3 Å². The summed E-state index contributed by atoms with van der Waals surface area (Å²) in [7, 11) is 1.76. The van der Waals surface area contributed by atoms with E-state index in [1.807, 2.05) is 6.92 Å². The van der Waals surface area contributed by atoms with Gasteiger partial charge in [0.05, 0.1) is 33.7 Å². The molecule has 2 amide bonds. The first-order valence-corrected chi connectivity index (χ1v) is 10.7. The summed E-state index contributed by atoms with van der Waals surface area (Å²) in [5.41, 5.74) is 1.63. The van der Waals surface area contributed by atoms with Crippen molar-refractivity contribution in [2.24, 2.45) is 0 Å². The lowest BCUT2D eigenvalue weighted by molar-refractivity contribution is -0.129. The Balaban J connectivity index is 1.40. The third-order valence-electron chi connectivity index (χ3n) is 5.82. The second-order valence-corrected chi connectivity index (χ2v) is 8.43. The average molecular weight is 459 g/mol. The summed E-state index contributed by atoms with van der Waals surface area (Å²) in [6.07, 6.45) is 2.30. The van der Waals surface area contributed by atoms with Gasteiger partial charge in [0.15, 0.2) is 0 Å². The molecule has 2 aromatic heterocycles. The van der Waals surface area contributed by atoms with Crippen molar-refractivity contribution in [2.45, 2.75) is 32.4 Å². The van der Waals surface area contributed by atoms with Crippen LogP contribution in [-0.2, 0) is 4.79 Å². The maximum atomic E-state index is 13.7. The highest BCUT2D eigenvalue weighted by Gasteiger charge is 2.30. The number of anilines is 1. The van der Waals surface area contributed by atoms with Crippen LogP contribution in [0.1, 0.15) is 42.5 Å². The van der Waals surface area contributed by atoms with Crippen LogP contribution in [0.15, 0.2) is 30.5 Å². The summed E-state index contributed by atoms with van der Waals surface area (Å²) >= 11 is 5.83. The molecule has 1 aliphatic rings. The number of likely N-dealkylation sites (tertiary alicyclic amines) is 1. The second kappa shape index (κ2) is 8.74. The molecule has 0 radical (unpaired) electrons. The van der Waals surface area contributed by atoms with Gasteiger partial charge in [-0.05, 0) is 31.5 Å². The van der Waals surface area contributed by atoms with Crippen molar-refractivity contribution in [3.05, 3.63) is 52.7 Å². The summed E-state index contributed by atoms with van der Waals surface area (Å²) in [6, 6.07) is 6.06. The summed E-state index contributed by atoms with van der Waals surface area (Å²) in [4.78, 5) is 39.7. The van der Waals surface area contributed by atoms with Gasteiger partial charge in [0.2, 0.25) is 5.91 Å². The number of benzene rings is 1. The van der Waals surface area contributed by atoms with Crippen molar-refractivity contribution in [1.82, 2.24) is 24.8 Å². The molecule has 0 spiro atoms. The fourth-order valence-electron chi connectivity index (χ4n) is 3.81. The third kappa shape index (κ3) is 4.38. The highest BCUT2D eigenvalue weighted by Crippen LogP contribution is 2.24. The number of imidazole rings is 1. The number of amides is 2. The molecule has 2 N–H and O–H groups in total. The maximum Gasteiger partial charge on any atom is 0.255 e. The van der Waals surface area contributed by atoms with Crippen LogP contribution >= 0.6 is 11.6 Å². The molecule has 168 valence electrons. The highest BCUT2D eigenvalue weighted by molar-refractivity contribution is 6.31. The van der Waals surface area contributed by atoms with E-state index in [-0.39, 0.29) is 28.9 Å². The predicted octanol–water partition coefficient (Wildman–Crippen LogP) is 3.62. The SMILES string of the molecule is CC(=O)N(C)[C@H]1CCN(C(=O)c2ccc(N[C@@H](C)c3nc4cc(Cl)c(F)cc4[nH]3)nc2)C1. The molecule has 1 aliphatic heterocycles. The van der Waals surface area contributed by atoms with Crippen LogP contribution < -0.4 is 5.32 Å². The van der Waals surface area contributed by atoms with Gasteiger partial charge in [0.25, 0.3) is 5.91 Å². The van der Waals surface area contributed by atoms with Crippen LogP contribution in [0.4, 0.5) is 10.2 Å². The number of fused-ring (bicyclic) bond motifs is 1. The Morgan fingerprint density at radius 3 is 2.84 bits per heavy atom. The second-order valence-electron chi connectivity index (χ2n) is 8.03. The van der Waals surface area contributed by atoms with Gasteiger partial charge in [-0.25, -0.2) is 14.4 Å². The van der Waals surface area contributed by atoms with E-state index in [0.717, 1.165) is 6.42 Å². The lowest BCUT2D eigenvalue weighted by Crippen LogP contribution is -2.38. The zero-order chi connectivity index (χ0) is 23.0. The van der Waals surface area contributed by atoms with Crippen molar-refractivity contribution in [2.75, 3.05) is 25.5 Å². The predicted molar refractivity (Wildman–Crippen MR) is 120 cm³/mol. The van der Waals surface area contributed by atoms with Gasteiger partial charge in [-0.2, -0.15) is 0 Å². The molecule has 3 aromatic rings. The number of nitrogens with zero attached hydrogens (tertiary/aromatic N) is 4. The van der Waals surface area contributed by atoms with Crippen molar-refractivity contribution < 1.29 is 14.0 Å². The molecule has 1 fully saturated rings. The molecular weight excluding hydrogens is 435 g/mol. The number of nitrogens with one attached hydrogen (secondary N) is 2. The summed E-state index contributed by atoms with van der Waals surface area (Å²) in [5.74, 6) is 0.575. The van der Waals surface area contributed by atoms with Gasteiger partial charge < -0.3 is 20.1 Å². The van der Waals surface area contributed by atoms with E-state index >= 15 is 0 Å². The molecular formula is C22H24ClFN6O2. The monoisotopic (exact) mass is 458 g/mol. The number of pyridine rings is 1. The molecule has 4 rings (SSSR count). The molecule has 0 unspecified atom stereocenters. The minimum absolute atomic E-state index is 0.00630. The molecule has 1 aromatic carbocycles. The Labute approximate surface area is 189 Å². The Morgan fingerprint density at radius 2 is 2.16 bits per heavy atom. The molecule has 0 aliphatic carbocycles. The minimum Gasteiger partial charge on any atom is -0.360 e. The first-order valence-electron chi connectivity index (χ1n) is 10.3. The minimum atomic E-state index is -0.505. The fraction of sp³-hybridized carbons (Fsp3) is 0.364.